The molecule has 0 aliphatic carbocycles. The van der Waals surface area contributed by atoms with Gasteiger partial charge in [-0.25, -0.2) is 0 Å². The monoisotopic (exact) mass is 323 g/mol. The van der Waals surface area contributed by atoms with E-state index in [9.17, 15) is 10.1 Å². The van der Waals surface area contributed by atoms with E-state index in [4.69, 9.17) is 5.73 Å². The second kappa shape index (κ2) is 4.51. The van der Waals surface area contributed by atoms with Crippen LogP contribution in [0.2, 0.25) is 0 Å². The summed E-state index contributed by atoms with van der Waals surface area (Å²) in [6.45, 7) is 0. The van der Waals surface area contributed by atoms with Gasteiger partial charge in [-0.3, -0.25) is 10.1 Å². The van der Waals surface area contributed by atoms with Gasteiger partial charge in [0, 0.05) is 9.64 Å². The Hall–Kier alpha value is -0.960. The van der Waals surface area contributed by atoms with Crippen molar-refractivity contribution < 1.29 is 4.92 Å². The number of hydrogen-bond donors (Lipinski definition) is 2. The molecule has 0 atom stereocenters. The maximum atomic E-state index is 10.6. The van der Waals surface area contributed by atoms with E-state index < -0.39 is 4.92 Å². The molecule has 5 nitrogen and oxygen atoms in total. The van der Waals surface area contributed by atoms with Gasteiger partial charge >= 0.3 is 0 Å². The van der Waals surface area contributed by atoms with Gasteiger partial charge in [0.1, 0.15) is 5.69 Å². The van der Waals surface area contributed by atoms with Crippen molar-refractivity contribution in [2.45, 2.75) is 0 Å². The Morgan fingerprint density at radius 1 is 1.64 bits per heavy atom. The molecule has 0 unspecified atom stereocenters. The Labute approximate surface area is 99.0 Å². The molecular formula is C7H6IN3O2S. The lowest BCUT2D eigenvalue weighted by Gasteiger charge is -2.04. The van der Waals surface area contributed by atoms with Gasteiger partial charge in [-0.15, -0.1) is 0 Å². The van der Waals surface area contributed by atoms with Crippen molar-refractivity contribution in [1.29, 1.82) is 0 Å². The predicted octanol–water partition coefficient (Wildman–Crippen LogP) is 1.85. The van der Waals surface area contributed by atoms with Gasteiger partial charge < -0.3 is 11.1 Å². The molecule has 0 spiro atoms. The minimum absolute atomic E-state index is 0.00862. The molecular weight excluding hydrogens is 317 g/mol. The van der Waals surface area contributed by atoms with Gasteiger partial charge in [0.05, 0.1) is 4.92 Å². The quantitative estimate of drug-likeness (QED) is 0.376. The summed E-state index contributed by atoms with van der Waals surface area (Å²) >= 11 is 6.59. The van der Waals surface area contributed by atoms with Crippen LogP contribution in [-0.2, 0) is 0 Å². The summed E-state index contributed by atoms with van der Waals surface area (Å²) < 4.78 is 0.780. The Morgan fingerprint density at radius 3 is 2.79 bits per heavy atom. The van der Waals surface area contributed by atoms with Crippen LogP contribution in [0, 0.1) is 13.7 Å². The van der Waals surface area contributed by atoms with Crippen molar-refractivity contribution >= 4 is 51.3 Å². The van der Waals surface area contributed by atoms with Crippen LogP contribution in [0.4, 0.5) is 11.4 Å². The fourth-order valence-electron chi connectivity index (χ4n) is 0.894. The maximum absolute atomic E-state index is 10.6. The molecule has 0 aliphatic rings. The fraction of sp³-hybridized carbons (Fsp3) is 0. The first-order chi connectivity index (χ1) is 6.50. The van der Waals surface area contributed by atoms with E-state index in [1.807, 2.05) is 22.6 Å². The molecule has 14 heavy (non-hydrogen) atoms. The summed E-state index contributed by atoms with van der Waals surface area (Å²) in [5.74, 6) is 0. The first-order valence-corrected chi connectivity index (χ1v) is 5.00. The average Bonchev–Trinajstić information content (AvgIpc) is 2.07. The maximum Gasteiger partial charge on any atom is 0.293 e. The first-order valence-electron chi connectivity index (χ1n) is 3.51. The second-order valence-corrected chi connectivity index (χ2v) is 4.09. The minimum atomic E-state index is -0.483. The predicted molar refractivity (Wildman–Crippen MR) is 66.2 cm³/mol. The summed E-state index contributed by atoms with van der Waals surface area (Å²) in [5, 5.41) is 13.2. The van der Waals surface area contributed by atoms with Gasteiger partial charge in [0.25, 0.3) is 5.69 Å². The molecule has 3 N–H and O–H groups in total. The van der Waals surface area contributed by atoms with E-state index in [0.29, 0.717) is 5.69 Å². The number of nitro groups is 1. The number of nitro benzene ring substituents is 1. The highest BCUT2D eigenvalue weighted by atomic mass is 127. The molecule has 0 fully saturated rings. The second-order valence-electron chi connectivity index (χ2n) is 2.41. The lowest BCUT2D eigenvalue weighted by molar-refractivity contribution is -0.384. The number of benzene rings is 1. The largest absolute Gasteiger partial charge is 0.376 e. The molecule has 1 aromatic carbocycles. The number of anilines is 1. The molecule has 0 saturated carbocycles. The molecule has 74 valence electrons. The number of nitrogens with zero attached hydrogens (tertiary/aromatic N) is 1. The average molecular weight is 323 g/mol. The van der Waals surface area contributed by atoms with Crippen LogP contribution in [0.5, 0.6) is 0 Å². The molecule has 1 rings (SSSR count). The van der Waals surface area contributed by atoms with E-state index in [0.717, 1.165) is 3.57 Å². The third-order valence-corrected chi connectivity index (χ3v) is 2.19. The van der Waals surface area contributed by atoms with Crippen molar-refractivity contribution in [3.05, 3.63) is 31.9 Å². The van der Waals surface area contributed by atoms with Crippen LogP contribution in [0.25, 0.3) is 0 Å². The van der Waals surface area contributed by atoms with Crippen molar-refractivity contribution in [3.63, 3.8) is 0 Å². The highest BCUT2D eigenvalue weighted by Crippen LogP contribution is 2.25. The summed E-state index contributed by atoms with van der Waals surface area (Å²) in [6, 6.07) is 4.74. The van der Waals surface area contributed by atoms with Crippen molar-refractivity contribution in [2.75, 3.05) is 5.32 Å². The standard InChI is InChI=1S/C7H6IN3O2S/c8-4-1-2-5(10-7(9)14)6(3-4)11(12)13/h1-3H,(H3,9,10,14). The molecule has 0 heterocycles. The van der Waals surface area contributed by atoms with E-state index in [1.54, 1.807) is 12.1 Å². The van der Waals surface area contributed by atoms with Crippen molar-refractivity contribution in [3.8, 4) is 0 Å². The number of thiocarbonyl (C=S) groups is 1. The van der Waals surface area contributed by atoms with Gasteiger partial charge in [-0.05, 0) is 46.9 Å². The third-order valence-electron chi connectivity index (χ3n) is 1.41. The molecule has 0 bridgehead atoms. The van der Waals surface area contributed by atoms with Crippen LogP contribution in [0.3, 0.4) is 0 Å². The van der Waals surface area contributed by atoms with Crippen LogP contribution >= 0.6 is 34.8 Å². The van der Waals surface area contributed by atoms with Gasteiger partial charge in [0.2, 0.25) is 0 Å². The Bertz CT molecular complexity index is 397. The molecule has 0 radical (unpaired) electrons. The van der Waals surface area contributed by atoms with E-state index >= 15 is 0 Å². The Kier molecular flexibility index (Phi) is 3.58. The van der Waals surface area contributed by atoms with Gasteiger partial charge in [-0.1, -0.05) is 0 Å². The lowest BCUT2D eigenvalue weighted by Crippen LogP contribution is -2.19. The van der Waals surface area contributed by atoms with Crippen LogP contribution < -0.4 is 11.1 Å². The topological polar surface area (TPSA) is 81.2 Å². The summed E-state index contributed by atoms with van der Waals surface area (Å²) in [7, 11) is 0. The molecule has 0 aromatic heterocycles. The van der Waals surface area contributed by atoms with Crippen LogP contribution in [0.1, 0.15) is 0 Å². The molecule has 0 aliphatic heterocycles. The number of hydrogen-bond acceptors (Lipinski definition) is 3. The van der Waals surface area contributed by atoms with E-state index in [1.165, 1.54) is 6.07 Å². The fourth-order valence-corrected chi connectivity index (χ4v) is 1.48. The summed E-state index contributed by atoms with van der Waals surface area (Å²) in [6.07, 6.45) is 0. The third kappa shape index (κ3) is 2.77. The smallest absolute Gasteiger partial charge is 0.293 e. The lowest BCUT2D eigenvalue weighted by atomic mass is 10.3. The number of rotatable bonds is 2. The SMILES string of the molecule is NC(=S)Nc1ccc(I)cc1[N+](=O)[O-]. The Balaban J connectivity index is 3.14. The molecule has 1 aromatic rings. The minimum Gasteiger partial charge on any atom is -0.376 e. The summed E-state index contributed by atoms with van der Waals surface area (Å²) in [4.78, 5) is 10.2. The van der Waals surface area contributed by atoms with Crippen molar-refractivity contribution in [1.82, 2.24) is 0 Å². The highest BCUT2D eigenvalue weighted by Gasteiger charge is 2.13. The van der Waals surface area contributed by atoms with Crippen LogP contribution in [-0.4, -0.2) is 10.0 Å². The van der Waals surface area contributed by atoms with Crippen molar-refractivity contribution in [2.24, 2.45) is 5.73 Å². The first kappa shape index (κ1) is 11.1. The number of nitrogens with one attached hydrogen (secondary N) is 1. The van der Waals surface area contributed by atoms with E-state index in [-0.39, 0.29) is 10.8 Å². The Morgan fingerprint density at radius 2 is 2.29 bits per heavy atom. The molecule has 0 amide bonds. The zero-order chi connectivity index (χ0) is 10.7. The number of nitrogens with two attached hydrogens (primary N) is 1. The summed E-state index contributed by atoms with van der Waals surface area (Å²) in [5.41, 5.74) is 5.50. The zero-order valence-corrected chi connectivity index (χ0v) is 9.83. The number of halogens is 1. The van der Waals surface area contributed by atoms with Gasteiger partial charge in [0.15, 0.2) is 5.11 Å². The highest BCUT2D eigenvalue weighted by molar-refractivity contribution is 14.1. The van der Waals surface area contributed by atoms with Gasteiger partial charge in [-0.2, -0.15) is 0 Å². The van der Waals surface area contributed by atoms with E-state index in [2.05, 4.69) is 17.5 Å². The molecule has 7 heteroatoms. The zero-order valence-electron chi connectivity index (χ0n) is 6.86. The molecule has 0 saturated heterocycles. The van der Waals surface area contributed by atoms with Crippen LogP contribution in [0.15, 0.2) is 18.2 Å². The normalized spacial score (nSPS) is 9.50.